The summed E-state index contributed by atoms with van der Waals surface area (Å²) in [6.07, 6.45) is 4.65. The summed E-state index contributed by atoms with van der Waals surface area (Å²) in [6.45, 7) is 13.8. The molecule has 0 N–H and O–H groups in total. The summed E-state index contributed by atoms with van der Waals surface area (Å²) in [7, 11) is -3.49. The Bertz CT molecular complexity index is 997. The maximum Gasteiger partial charge on any atom is 0.188 e. The van der Waals surface area contributed by atoms with E-state index in [0.29, 0.717) is 25.4 Å². The number of ether oxygens (including phenoxy) is 2. The van der Waals surface area contributed by atoms with Crippen molar-refractivity contribution < 1.29 is 18.3 Å². The highest BCUT2D eigenvalue weighted by molar-refractivity contribution is 6.70. The first-order valence-electron chi connectivity index (χ1n) is 12.8. The van der Waals surface area contributed by atoms with Gasteiger partial charge in [-0.2, -0.15) is 0 Å². The molecule has 0 bridgehead atoms. The first kappa shape index (κ1) is 26.2. The summed E-state index contributed by atoms with van der Waals surface area (Å²) in [5, 5.41) is 0. The molecule has 0 aromatic heterocycles. The molecule has 2 aromatic carbocycles. The van der Waals surface area contributed by atoms with E-state index in [9.17, 15) is 0 Å². The Morgan fingerprint density at radius 1 is 0.629 bits per heavy atom. The van der Waals surface area contributed by atoms with Crippen LogP contribution in [0.2, 0.25) is 51.4 Å². The molecular weight excluding hydrogens is 485 g/mol. The van der Waals surface area contributed by atoms with E-state index in [1.807, 2.05) is 0 Å². The van der Waals surface area contributed by atoms with E-state index in [1.165, 1.54) is 34.3 Å². The van der Waals surface area contributed by atoms with Gasteiger partial charge in [-0.15, -0.1) is 0 Å². The molecule has 2 aliphatic rings. The van der Waals surface area contributed by atoms with Gasteiger partial charge in [0, 0.05) is 32.5 Å². The molecular formula is C28H40O4Si3. The number of hydrogen-bond acceptors (Lipinski definition) is 4. The maximum atomic E-state index is 6.09. The molecule has 4 rings (SSSR count). The Morgan fingerprint density at radius 3 is 1.43 bits per heavy atom. The fraction of sp³-hybridized carbons (Fsp3) is 0.429. The van der Waals surface area contributed by atoms with Crippen LogP contribution in [0.5, 0.6) is 0 Å². The third-order valence-corrected chi connectivity index (χ3v) is 10.4. The molecule has 2 atom stereocenters. The topological polar surface area (TPSA) is 36.9 Å². The molecule has 35 heavy (non-hydrogen) atoms. The van der Waals surface area contributed by atoms with Crippen LogP contribution in [0.4, 0.5) is 0 Å². The van der Waals surface area contributed by atoms with Crippen molar-refractivity contribution in [3.8, 4) is 0 Å². The van der Waals surface area contributed by atoms with Gasteiger partial charge in [-0.25, -0.2) is 0 Å². The second-order valence-corrected chi connectivity index (χ2v) is 22.3. The van der Waals surface area contributed by atoms with Crippen LogP contribution in [-0.4, -0.2) is 39.7 Å². The van der Waals surface area contributed by atoms with Gasteiger partial charge < -0.3 is 18.3 Å². The van der Waals surface area contributed by atoms with Crippen LogP contribution >= 0.6 is 0 Å². The summed E-state index contributed by atoms with van der Waals surface area (Å²) in [5.41, 5.74) is 5.26. The fourth-order valence-corrected chi connectivity index (χ4v) is 7.54. The van der Waals surface area contributed by atoms with E-state index >= 15 is 0 Å². The molecule has 0 saturated carbocycles. The fourth-order valence-electron chi connectivity index (χ4n) is 4.64. The molecule has 2 aromatic rings. The summed E-state index contributed by atoms with van der Waals surface area (Å²) >= 11 is 0. The van der Waals surface area contributed by atoms with Gasteiger partial charge in [-0.1, -0.05) is 60.6 Å². The molecule has 4 nitrogen and oxygen atoms in total. The molecule has 0 saturated heterocycles. The monoisotopic (exact) mass is 524 g/mol. The molecule has 0 aliphatic heterocycles. The lowest BCUT2D eigenvalue weighted by Crippen LogP contribution is -2.26. The highest BCUT2D eigenvalue weighted by Gasteiger charge is 2.28. The second kappa shape index (κ2) is 11.0. The third-order valence-electron chi connectivity index (χ3n) is 6.40. The number of rotatable bonds is 12. The van der Waals surface area contributed by atoms with Gasteiger partial charge in [0.15, 0.2) is 30.2 Å². The molecule has 7 heteroatoms. The quantitative estimate of drug-likeness (QED) is 0.223. The van der Waals surface area contributed by atoms with Crippen LogP contribution in [0, 0.1) is 0 Å². The zero-order valence-corrected chi connectivity index (χ0v) is 25.5. The van der Waals surface area contributed by atoms with Gasteiger partial charge in [-0.05, 0) is 62.6 Å². The van der Waals surface area contributed by atoms with E-state index < -0.39 is 16.6 Å². The van der Waals surface area contributed by atoms with Crippen molar-refractivity contribution in [2.45, 2.75) is 63.2 Å². The van der Waals surface area contributed by atoms with Crippen molar-refractivity contribution in [3.63, 3.8) is 0 Å². The summed E-state index contributed by atoms with van der Waals surface area (Å²) in [5.74, 6) is 2.87. The Kier molecular flexibility index (Phi) is 8.23. The van der Waals surface area contributed by atoms with Gasteiger partial charge in [-0.3, -0.25) is 0 Å². The van der Waals surface area contributed by atoms with Crippen LogP contribution < -0.4 is 0 Å². The Hall–Kier alpha value is -1.91. The molecule has 0 amide bonds. The minimum absolute atomic E-state index is 0.304. The standard InChI is InChI=1S/C28H40O4Si3/c1-34(2,3)31-19-29-27-15-21(23-11-7-9-13-25(23)27)17-33-18-22-16-28(30-20-32-35(4,5)6)26-14-10-8-12-24(22)26/h7-16,21-22H,17-20,33H2,1-6H3. The van der Waals surface area contributed by atoms with Crippen molar-refractivity contribution in [2.24, 2.45) is 0 Å². The molecule has 2 unspecified atom stereocenters. The number of fused-ring (bicyclic) bond motifs is 2. The van der Waals surface area contributed by atoms with E-state index in [1.54, 1.807) is 0 Å². The van der Waals surface area contributed by atoms with E-state index in [2.05, 4.69) is 100.0 Å². The predicted octanol–water partition coefficient (Wildman–Crippen LogP) is 6.92. The lowest BCUT2D eigenvalue weighted by molar-refractivity contribution is 0.0892. The zero-order chi connectivity index (χ0) is 25.1. The van der Waals surface area contributed by atoms with Crippen molar-refractivity contribution in [2.75, 3.05) is 13.6 Å². The van der Waals surface area contributed by atoms with Gasteiger partial charge in [0.05, 0.1) is 0 Å². The molecule has 188 valence electrons. The Labute approximate surface area is 215 Å². The normalized spacial score (nSPS) is 19.5. The largest absolute Gasteiger partial charge is 0.468 e. The summed E-state index contributed by atoms with van der Waals surface area (Å²) < 4.78 is 24.1. The molecule has 0 heterocycles. The van der Waals surface area contributed by atoms with Gasteiger partial charge in [0.25, 0.3) is 0 Å². The van der Waals surface area contributed by atoms with Crippen LogP contribution in [0.25, 0.3) is 11.5 Å². The van der Waals surface area contributed by atoms with E-state index in [0.717, 1.165) is 11.5 Å². The van der Waals surface area contributed by atoms with E-state index in [4.69, 9.17) is 18.3 Å². The van der Waals surface area contributed by atoms with Crippen LogP contribution in [0.3, 0.4) is 0 Å². The lowest BCUT2D eigenvalue weighted by atomic mass is 10.0. The third kappa shape index (κ3) is 7.07. The van der Waals surface area contributed by atoms with Gasteiger partial charge >= 0.3 is 0 Å². The number of allylic oxidation sites excluding steroid dienone is 2. The van der Waals surface area contributed by atoms with Gasteiger partial charge in [0.1, 0.15) is 11.5 Å². The molecule has 0 radical (unpaired) electrons. The molecule has 0 fully saturated rings. The highest BCUT2D eigenvalue weighted by Crippen LogP contribution is 2.41. The highest BCUT2D eigenvalue weighted by atomic mass is 28.4. The second-order valence-electron chi connectivity index (χ2n) is 11.4. The van der Waals surface area contributed by atoms with Crippen molar-refractivity contribution >= 4 is 37.7 Å². The van der Waals surface area contributed by atoms with Gasteiger partial charge in [0.2, 0.25) is 0 Å². The number of hydrogen-bond donors (Lipinski definition) is 0. The lowest BCUT2D eigenvalue weighted by Gasteiger charge is -2.18. The maximum absolute atomic E-state index is 6.09. The van der Waals surface area contributed by atoms with Crippen molar-refractivity contribution in [1.82, 2.24) is 0 Å². The SMILES string of the molecule is C[Si](C)(C)OCOC1=CC(C[SiH2]CC2C=C(OCO[Si](C)(C)C)c3ccccc32)c2ccccc21. The minimum Gasteiger partial charge on any atom is -0.468 e. The minimum atomic E-state index is -1.59. The average Bonchev–Trinajstić information content (AvgIpc) is 3.31. The Morgan fingerprint density at radius 2 is 1.03 bits per heavy atom. The number of benzene rings is 2. The first-order valence-corrected chi connectivity index (χ1v) is 21.6. The first-order chi connectivity index (χ1) is 16.6. The van der Waals surface area contributed by atoms with Crippen LogP contribution in [-0.2, 0) is 18.3 Å². The van der Waals surface area contributed by atoms with Crippen molar-refractivity contribution in [3.05, 3.63) is 82.9 Å². The summed E-state index contributed by atoms with van der Waals surface area (Å²) in [6, 6.07) is 19.8. The van der Waals surface area contributed by atoms with Crippen molar-refractivity contribution in [1.29, 1.82) is 0 Å². The summed E-state index contributed by atoms with van der Waals surface area (Å²) in [4.78, 5) is 0. The van der Waals surface area contributed by atoms with Crippen LogP contribution in [0.1, 0.15) is 34.1 Å². The van der Waals surface area contributed by atoms with E-state index in [-0.39, 0.29) is 9.52 Å². The zero-order valence-electron chi connectivity index (χ0n) is 22.1. The smallest absolute Gasteiger partial charge is 0.188 e. The predicted molar refractivity (Wildman–Crippen MR) is 153 cm³/mol. The molecule has 2 aliphatic carbocycles. The van der Waals surface area contributed by atoms with Crippen LogP contribution in [0.15, 0.2) is 60.7 Å². The Balaban J connectivity index is 1.37. The molecule has 0 spiro atoms. The average molecular weight is 525 g/mol.